The van der Waals surface area contributed by atoms with Crippen molar-refractivity contribution in [1.82, 2.24) is 20.8 Å². The first-order chi connectivity index (χ1) is 10.6. The molecular formula is C16H18N6. The summed E-state index contributed by atoms with van der Waals surface area (Å²) >= 11 is 0. The van der Waals surface area contributed by atoms with Gasteiger partial charge in [-0.2, -0.15) is 5.26 Å². The van der Waals surface area contributed by atoms with Crippen molar-refractivity contribution >= 4 is 5.82 Å². The molecule has 6 heteroatoms. The van der Waals surface area contributed by atoms with Crippen LogP contribution in [0.15, 0.2) is 30.6 Å². The third-order valence-electron chi connectivity index (χ3n) is 4.12. The SMILES string of the molecule is CC1NNC(C)C1c1cc(-c2cccnc2)nc(N)c1C#N. The van der Waals surface area contributed by atoms with E-state index in [9.17, 15) is 5.26 Å². The summed E-state index contributed by atoms with van der Waals surface area (Å²) in [6, 6.07) is 8.35. The van der Waals surface area contributed by atoms with Crippen molar-refractivity contribution in [3.05, 3.63) is 41.7 Å². The number of anilines is 1. The number of hydrazine groups is 1. The molecule has 0 bridgehead atoms. The highest BCUT2D eigenvalue weighted by atomic mass is 15.4. The summed E-state index contributed by atoms with van der Waals surface area (Å²) in [4.78, 5) is 8.49. The van der Waals surface area contributed by atoms with E-state index in [0.717, 1.165) is 16.8 Å². The minimum absolute atomic E-state index is 0.148. The number of nitrogen functional groups attached to an aromatic ring is 1. The summed E-state index contributed by atoms with van der Waals surface area (Å²) in [7, 11) is 0. The van der Waals surface area contributed by atoms with Crippen LogP contribution in [0.5, 0.6) is 0 Å². The van der Waals surface area contributed by atoms with Gasteiger partial charge in [-0.15, -0.1) is 0 Å². The van der Waals surface area contributed by atoms with Crippen molar-refractivity contribution in [3.63, 3.8) is 0 Å². The molecule has 1 aliphatic rings. The highest BCUT2D eigenvalue weighted by Crippen LogP contribution is 2.33. The number of nitrogens with two attached hydrogens (primary N) is 1. The highest BCUT2D eigenvalue weighted by molar-refractivity contribution is 5.66. The number of hydrogen-bond acceptors (Lipinski definition) is 6. The van der Waals surface area contributed by atoms with Gasteiger partial charge in [0, 0.05) is 36.0 Å². The van der Waals surface area contributed by atoms with Crippen LogP contribution in [0.3, 0.4) is 0 Å². The molecule has 0 aromatic carbocycles. The molecule has 1 saturated heterocycles. The molecule has 0 amide bonds. The van der Waals surface area contributed by atoms with Gasteiger partial charge >= 0.3 is 0 Å². The third kappa shape index (κ3) is 2.41. The molecule has 0 radical (unpaired) electrons. The van der Waals surface area contributed by atoms with Crippen LogP contribution in [0, 0.1) is 11.3 Å². The van der Waals surface area contributed by atoms with Crippen molar-refractivity contribution < 1.29 is 0 Å². The number of nitrogens with one attached hydrogen (secondary N) is 2. The lowest BCUT2D eigenvalue weighted by Crippen LogP contribution is -2.30. The summed E-state index contributed by atoms with van der Waals surface area (Å²) < 4.78 is 0. The van der Waals surface area contributed by atoms with E-state index in [0.29, 0.717) is 5.56 Å². The minimum Gasteiger partial charge on any atom is -0.383 e. The predicted molar refractivity (Wildman–Crippen MR) is 84.5 cm³/mol. The highest BCUT2D eigenvalue weighted by Gasteiger charge is 2.34. The molecule has 0 saturated carbocycles. The summed E-state index contributed by atoms with van der Waals surface area (Å²) in [6.45, 7) is 4.17. The number of nitriles is 1. The molecule has 2 atom stereocenters. The van der Waals surface area contributed by atoms with Gasteiger partial charge in [-0.05, 0) is 37.6 Å². The summed E-state index contributed by atoms with van der Waals surface area (Å²) in [5.74, 6) is 0.417. The van der Waals surface area contributed by atoms with Gasteiger partial charge in [0.15, 0.2) is 0 Å². The average Bonchev–Trinajstić information content (AvgIpc) is 2.86. The second-order valence-electron chi connectivity index (χ2n) is 5.60. The van der Waals surface area contributed by atoms with Gasteiger partial charge in [0.25, 0.3) is 0 Å². The molecular weight excluding hydrogens is 276 g/mol. The fourth-order valence-electron chi connectivity index (χ4n) is 3.05. The fraction of sp³-hybridized carbons (Fsp3) is 0.312. The van der Waals surface area contributed by atoms with Crippen molar-refractivity contribution in [2.75, 3.05) is 5.73 Å². The predicted octanol–water partition coefficient (Wildman–Crippen LogP) is 1.57. The van der Waals surface area contributed by atoms with Crippen LogP contribution in [-0.4, -0.2) is 22.1 Å². The normalized spacial score (nSPS) is 24.1. The smallest absolute Gasteiger partial charge is 0.142 e. The van der Waals surface area contributed by atoms with E-state index in [2.05, 4.69) is 40.7 Å². The van der Waals surface area contributed by atoms with Crippen LogP contribution in [0.4, 0.5) is 5.82 Å². The Balaban J connectivity index is 2.16. The molecule has 4 N–H and O–H groups in total. The van der Waals surface area contributed by atoms with E-state index < -0.39 is 0 Å². The molecule has 2 unspecified atom stereocenters. The molecule has 1 fully saturated rings. The zero-order valence-electron chi connectivity index (χ0n) is 12.5. The maximum Gasteiger partial charge on any atom is 0.142 e. The average molecular weight is 294 g/mol. The number of rotatable bonds is 2. The molecule has 2 aromatic heterocycles. The first-order valence-corrected chi connectivity index (χ1v) is 7.23. The Labute approximate surface area is 129 Å². The lowest BCUT2D eigenvalue weighted by Gasteiger charge is -2.21. The fourth-order valence-corrected chi connectivity index (χ4v) is 3.05. The van der Waals surface area contributed by atoms with Crippen LogP contribution in [-0.2, 0) is 0 Å². The molecule has 2 aromatic rings. The molecule has 1 aliphatic heterocycles. The van der Waals surface area contributed by atoms with Crippen LogP contribution < -0.4 is 16.6 Å². The van der Waals surface area contributed by atoms with Gasteiger partial charge in [0.1, 0.15) is 11.9 Å². The van der Waals surface area contributed by atoms with Crippen molar-refractivity contribution in [2.24, 2.45) is 0 Å². The largest absolute Gasteiger partial charge is 0.383 e. The molecule has 22 heavy (non-hydrogen) atoms. The topological polar surface area (TPSA) is 99.7 Å². The molecule has 0 aliphatic carbocycles. The van der Waals surface area contributed by atoms with E-state index in [1.165, 1.54) is 0 Å². The monoisotopic (exact) mass is 294 g/mol. The van der Waals surface area contributed by atoms with E-state index in [-0.39, 0.29) is 23.8 Å². The van der Waals surface area contributed by atoms with E-state index >= 15 is 0 Å². The van der Waals surface area contributed by atoms with Gasteiger partial charge < -0.3 is 5.73 Å². The lowest BCUT2D eigenvalue weighted by atomic mass is 9.85. The number of nitrogens with zero attached hydrogens (tertiary/aromatic N) is 3. The summed E-state index contributed by atoms with van der Waals surface area (Å²) in [6.07, 6.45) is 3.46. The van der Waals surface area contributed by atoms with Gasteiger partial charge in [0.05, 0.1) is 11.3 Å². The first-order valence-electron chi connectivity index (χ1n) is 7.23. The Kier molecular flexibility index (Phi) is 3.75. The summed E-state index contributed by atoms with van der Waals surface area (Å²) in [5.41, 5.74) is 15.5. The Morgan fingerprint density at radius 2 is 2.00 bits per heavy atom. The Bertz CT molecular complexity index is 711. The molecule has 112 valence electrons. The Morgan fingerprint density at radius 1 is 1.27 bits per heavy atom. The van der Waals surface area contributed by atoms with Crippen molar-refractivity contribution in [2.45, 2.75) is 31.8 Å². The third-order valence-corrected chi connectivity index (χ3v) is 4.12. The van der Waals surface area contributed by atoms with Crippen molar-refractivity contribution in [1.29, 1.82) is 5.26 Å². The Hall–Kier alpha value is -2.49. The molecule has 6 nitrogen and oxygen atoms in total. The molecule has 3 rings (SSSR count). The number of aromatic nitrogens is 2. The second kappa shape index (κ2) is 5.72. The van der Waals surface area contributed by atoms with E-state index in [1.807, 2.05) is 18.2 Å². The summed E-state index contributed by atoms with van der Waals surface area (Å²) in [5, 5.41) is 9.47. The first kappa shape index (κ1) is 14.4. The van der Waals surface area contributed by atoms with Crippen LogP contribution in [0.1, 0.15) is 30.9 Å². The van der Waals surface area contributed by atoms with E-state index in [1.54, 1.807) is 12.4 Å². The van der Waals surface area contributed by atoms with Gasteiger partial charge in [-0.1, -0.05) is 0 Å². The Morgan fingerprint density at radius 3 is 2.59 bits per heavy atom. The zero-order valence-corrected chi connectivity index (χ0v) is 12.5. The quantitative estimate of drug-likeness (QED) is 0.777. The van der Waals surface area contributed by atoms with Crippen LogP contribution in [0.2, 0.25) is 0 Å². The van der Waals surface area contributed by atoms with Crippen LogP contribution in [0.25, 0.3) is 11.3 Å². The molecule has 0 spiro atoms. The second-order valence-corrected chi connectivity index (χ2v) is 5.60. The lowest BCUT2D eigenvalue weighted by molar-refractivity contribution is 0.567. The maximum absolute atomic E-state index is 9.47. The van der Waals surface area contributed by atoms with Crippen LogP contribution >= 0.6 is 0 Å². The molecule has 3 heterocycles. The number of hydrogen-bond donors (Lipinski definition) is 3. The van der Waals surface area contributed by atoms with E-state index in [4.69, 9.17) is 5.73 Å². The van der Waals surface area contributed by atoms with Gasteiger partial charge in [0.2, 0.25) is 0 Å². The van der Waals surface area contributed by atoms with Gasteiger partial charge in [-0.3, -0.25) is 15.8 Å². The van der Waals surface area contributed by atoms with Crippen molar-refractivity contribution in [3.8, 4) is 17.3 Å². The minimum atomic E-state index is 0.148. The number of pyridine rings is 2. The standard InChI is InChI=1S/C16H18N6/c1-9-15(10(2)22-21-9)12-6-14(11-4-3-5-19-8-11)20-16(18)13(12)7-17/h3-6,8-10,15,21-22H,1-2H3,(H2,18,20). The van der Waals surface area contributed by atoms with Gasteiger partial charge in [-0.25, -0.2) is 4.98 Å². The maximum atomic E-state index is 9.47. The zero-order chi connectivity index (χ0) is 15.7.